The number of hydrogen-bond donors (Lipinski definition) is 2. The molecule has 0 radical (unpaired) electrons. The van der Waals surface area contributed by atoms with Gasteiger partial charge in [0.15, 0.2) is 0 Å². The SMILES string of the molecule is CCCCNC(=O)NC(=O)CN1CCCN(Cc2ccc(C#N)cc2)CC1. The second kappa shape index (κ2) is 11.3. The minimum absolute atomic E-state index is 0.242. The molecule has 1 aliphatic rings. The first kappa shape index (κ1) is 20.9. The molecule has 0 bridgehead atoms. The van der Waals surface area contributed by atoms with Crippen LogP contribution in [-0.2, 0) is 11.3 Å². The summed E-state index contributed by atoms with van der Waals surface area (Å²) in [5.41, 5.74) is 1.86. The minimum atomic E-state index is -0.411. The minimum Gasteiger partial charge on any atom is -0.338 e. The third-order valence-electron chi connectivity index (χ3n) is 4.61. The fourth-order valence-corrected chi connectivity index (χ4v) is 3.08. The van der Waals surface area contributed by atoms with Gasteiger partial charge in [-0.3, -0.25) is 19.9 Å². The Morgan fingerprint density at radius 3 is 2.52 bits per heavy atom. The first-order valence-corrected chi connectivity index (χ1v) is 9.62. The number of unbranched alkanes of at least 4 members (excludes halogenated alkanes) is 1. The molecule has 0 atom stereocenters. The number of carbonyl (C=O) groups is 2. The Bertz CT molecular complexity index is 653. The molecule has 0 aromatic heterocycles. The van der Waals surface area contributed by atoms with Crippen LogP contribution < -0.4 is 10.6 Å². The van der Waals surface area contributed by atoms with Gasteiger partial charge in [-0.1, -0.05) is 25.5 Å². The maximum absolute atomic E-state index is 12.0. The highest BCUT2D eigenvalue weighted by molar-refractivity contribution is 5.95. The normalized spacial score (nSPS) is 15.6. The third-order valence-corrected chi connectivity index (χ3v) is 4.61. The van der Waals surface area contributed by atoms with Crippen molar-refractivity contribution < 1.29 is 9.59 Å². The number of nitrogens with zero attached hydrogens (tertiary/aromatic N) is 3. The Morgan fingerprint density at radius 1 is 1.11 bits per heavy atom. The van der Waals surface area contributed by atoms with Gasteiger partial charge in [0.05, 0.1) is 18.2 Å². The second-order valence-corrected chi connectivity index (χ2v) is 6.87. The number of nitriles is 1. The van der Waals surface area contributed by atoms with Crippen molar-refractivity contribution in [1.82, 2.24) is 20.4 Å². The van der Waals surface area contributed by atoms with Crippen LogP contribution in [0.5, 0.6) is 0 Å². The molecular weight excluding hydrogens is 342 g/mol. The Hall–Kier alpha value is -2.43. The lowest BCUT2D eigenvalue weighted by molar-refractivity contribution is -0.121. The lowest BCUT2D eigenvalue weighted by Gasteiger charge is -2.21. The molecule has 1 aliphatic heterocycles. The summed E-state index contributed by atoms with van der Waals surface area (Å²) in [6, 6.07) is 9.39. The highest BCUT2D eigenvalue weighted by Gasteiger charge is 2.18. The summed E-state index contributed by atoms with van der Waals surface area (Å²) < 4.78 is 0. The molecule has 2 N–H and O–H groups in total. The number of carbonyl (C=O) groups excluding carboxylic acids is 2. The van der Waals surface area contributed by atoms with E-state index in [1.54, 1.807) is 0 Å². The van der Waals surface area contributed by atoms with Crippen molar-refractivity contribution in [2.75, 3.05) is 39.3 Å². The predicted octanol–water partition coefficient (Wildman–Crippen LogP) is 1.69. The fraction of sp³-hybridized carbons (Fsp3) is 0.550. The van der Waals surface area contributed by atoms with Crippen LogP contribution in [0.15, 0.2) is 24.3 Å². The molecular formula is C20H29N5O2. The molecule has 1 aromatic rings. The number of imide groups is 1. The molecule has 146 valence electrons. The van der Waals surface area contributed by atoms with E-state index >= 15 is 0 Å². The summed E-state index contributed by atoms with van der Waals surface area (Å²) in [5, 5.41) is 14.0. The molecule has 1 saturated heterocycles. The van der Waals surface area contributed by atoms with E-state index in [1.807, 2.05) is 24.3 Å². The Morgan fingerprint density at radius 2 is 1.81 bits per heavy atom. The van der Waals surface area contributed by atoms with Gasteiger partial charge in [0, 0.05) is 26.2 Å². The van der Waals surface area contributed by atoms with Gasteiger partial charge in [0.25, 0.3) is 0 Å². The van der Waals surface area contributed by atoms with Gasteiger partial charge in [-0.05, 0) is 43.6 Å². The average Bonchev–Trinajstić information content (AvgIpc) is 2.87. The van der Waals surface area contributed by atoms with Crippen molar-refractivity contribution in [3.05, 3.63) is 35.4 Å². The van der Waals surface area contributed by atoms with Gasteiger partial charge >= 0.3 is 6.03 Å². The summed E-state index contributed by atoms with van der Waals surface area (Å²) in [6.45, 7) is 7.19. The summed E-state index contributed by atoms with van der Waals surface area (Å²) in [7, 11) is 0. The zero-order valence-corrected chi connectivity index (χ0v) is 16.0. The van der Waals surface area contributed by atoms with E-state index in [-0.39, 0.29) is 12.5 Å². The maximum Gasteiger partial charge on any atom is 0.321 e. The molecule has 7 nitrogen and oxygen atoms in total. The summed E-state index contributed by atoms with van der Waals surface area (Å²) in [6.07, 6.45) is 2.88. The number of hydrogen-bond acceptors (Lipinski definition) is 5. The monoisotopic (exact) mass is 371 g/mol. The lowest BCUT2D eigenvalue weighted by Crippen LogP contribution is -2.45. The summed E-state index contributed by atoms with van der Waals surface area (Å²) >= 11 is 0. The van der Waals surface area contributed by atoms with Crippen molar-refractivity contribution >= 4 is 11.9 Å². The zero-order chi connectivity index (χ0) is 19.5. The second-order valence-electron chi connectivity index (χ2n) is 6.87. The predicted molar refractivity (Wildman–Crippen MR) is 104 cm³/mol. The van der Waals surface area contributed by atoms with Crippen LogP contribution >= 0.6 is 0 Å². The van der Waals surface area contributed by atoms with E-state index in [0.717, 1.165) is 52.0 Å². The number of urea groups is 1. The van der Waals surface area contributed by atoms with Crippen LogP contribution in [0.25, 0.3) is 0 Å². The van der Waals surface area contributed by atoms with Crippen molar-refractivity contribution in [2.24, 2.45) is 0 Å². The van der Waals surface area contributed by atoms with Crippen LogP contribution in [0.1, 0.15) is 37.3 Å². The molecule has 0 aliphatic carbocycles. The number of nitrogens with one attached hydrogen (secondary N) is 2. The van der Waals surface area contributed by atoms with E-state index in [1.165, 1.54) is 5.56 Å². The molecule has 0 unspecified atom stereocenters. The van der Waals surface area contributed by atoms with Crippen molar-refractivity contribution in [2.45, 2.75) is 32.7 Å². The fourth-order valence-electron chi connectivity index (χ4n) is 3.08. The van der Waals surface area contributed by atoms with Gasteiger partial charge in [-0.25, -0.2) is 4.79 Å². The smallest absolute Gasteiger partial charge is 0.321 e. The van der Waals surface area contributed by atoms with Crippen LogP contribution in [0, 0.1) is 11.3 Å². The van der Waals surface area contributed by atoms with Crippen molar-refractivity contribution in [1.29, 1.82) is 5.26 Å². The van der Waals surface area contributed by atoms with Crippen LogP contribution in [0.2, 0.25) is 0 Å². The zero-order valence-electron chi connectivity index (χ0n) is 16.0. The van der Waals surface area contributed by atoms with Crippen molar-refractivity contribution in [3.8, 4) is 6.07 Å². The van der Waals surface area contributed by atoms with Crippen LogP contribution in [0.3, 0.4) is 0 Å². The molecule has 1 aromatic carbocycles. The van der Waals surface area contributed by atoms with E-state index in [2.05, 4.69) is 33.4 Å². The van der Waals surface area contributed by atoms with Crippen LogP contribution in [-0.4, -0.2) is 61.0 Å². The number of benzene rings is 1. The van der Waals surface area contributed by atoms with E-state index in [4.69, 9.17) is 5.26 Å². The first-order chi connectivity index (χ1) is 13.1. The molecule has 2 rings (SSSR count). The molecule has 0 saturated carbocycles. The van der Waals surface area contributed by atoms with Gasteiger partial charge in [-0.15, -0.1) is 0 Å². The van der Waals surface area contributed by atoms with Gasteiger partial charge < -0.3 is 5.32 Å². The quantitative estimate of drug-likeness (QED) is 0.712. The largest absolute Gasteiger partial charge is 0.338 e. The standard InChI is InChI=1S/C20H29N5O2/c1-2-3-9-22-20(27)23-19(26)16-25-11-4-10-24(12-13-25)15-18-7-5-17(14-21)6-8-18/h5-8H,2-4,9-13,15-16H2,1H3,(H2,22,23,26,27). The molecule has 3 amide bonds. The summed E-state index contributed by atoms with van der Waals surface area (Å²) in [4.78, 5) is 28.1. The number of amides is 3. The van der Waals surface area contributed by atoms with Gasteiger partial charge in [-0.2, -0.15) is 5.26 Å². The van der Waals surface area contributed by atoms with Gasteiger partial charge in [0.2, 0.25) is 5.91 Å². The van der Waals surface area contributed by atoms with Gasteiger partial charge in [0.1, 0.15) is 0 Å². The van der Waals surface area contributed by atoms with E-state index < -0.39 is 6.03 Å². The average molecular weight is 371 g/mol. The van der Waals surface area contributed by atoms with Crippen molar-refractivity contribution in [3.63, 3.8) is 0 Å². The Kier molecular flexibility index (Phi) is 8.75. The Balaban J connectivity index is 1.72. The van der Waals surface area contributed by atoms with E-state index in [9.17, 15) is 9.59 Å². The van der Waals surface area contributed by atoms with Crippen LogP contribution in [0.4, 0.5) is 4.79 Å². The van der Waals surface area contributed by atoms with E-state index in [0.29, 0.717) is 12.1 Å². The Labute approximate surface area is 161 Å². The topological polar surface area (TPSA) is 88.5 Å². The molecule has 1 fully saturated rings. The summed E-state index contributed by atoms with van der Waals surface area (Å²) in [5.74, 6) is -0.260. The molecule has 0 spiro atoms. The lowest BCUT2D eigenvalue weighted by atomic mass is 10.1. The number of rotatable bonds is 7. The highest BCUT2D eigenvalue weighted by atomic mass is 16.2. The molecule has 27 heavy (non-hydrogen) atoms. The highest BCUT2D eigenvalue weighted by Crippen LogP contribution is 2.10. The molecule has 7 heteroatoms. The third kappa shape index (κ3) is 7.77. The maximum atomic E-state index is 12.0. The first-order valence-electron chi connectivity index (χ1n) is 9.62. The molecule has 1 heterocycles.